The number of phenolic OH excluding ortho intramolecular Hbond substituents is 2. The maximum Gasteiger partial charge on any atom is 0.203 e. The second-order valence-electron chi connectivity index (χ2n) is 18.7. The van der Waals surface area contributed by atoms with Crippen molar-refractivity contribution in [2.24, 2.45) is 11.8 Å². The standard InChI is InChI=1S/C30H31NO3S.C29H29NO3S/c1-20-14-16-31(19-20)15-5-17-34-24-11-8-22(9-12-24)28-26-13-10-23(32)18-27(26)35-30(28)29(33)25-7-4-3-6-21(25)2;1-20-14-16-30(19-20)15-5-17-33-24-11-8-21(9-12-24)27-25-13-10-23(31)18-26(25)34-29(27)28(32)22-6-3-2-4-7-22/h3-4,6-13,18,20,32H,5,14-17,19H2,1-2H3;2-4,6-13,18,20,31H,5,14-17,19H2,1H3/t2*20-/m11/s1. The second-order valence-corrected chi connectivity index (χ2v) is 20.8. The molecule has 2 atom stereocenters. The largest absolute Gasteiger partial charge is 0.508 e. The number of fused-ring (bicyclic) bond motifs is 2. The van der Waals surface area contributed by atoms with E-state index in [9.17, 15) is 19.8 Å². The highest BCUT2D eigenvalue weighted by molar-refractivity contribution is 7.22. The minimum absolute atomic E-state index is 0.00662. The lowest BCUT2D eigenvalue weighted by atomic mass is 9.96. The van der Waals surface area contributed by atoms with Crippen molar-refractivity contribution in [3.05, 3.63) is 166 Å². The van der Waals surface area contributed by atoms with Crippen molar-refractivity contribution in [2.45, 2.75) is 46.5 Å². The summed E-state index contributed by atoms with van der Waals surface area (Å²) in [5, 5.41) is 21.9. The van der Waals surface area contributed by atoms with Crippen LogP contribution in [0.1, 0.15) is 75.6 Å². The molecule has 6 aromatic carbocycles. The highest BCUT2D eigenvalue weighted by Crippen LogP contribution is 2.43. The number of ether oxygens (including phenoxy) is 2. The number of carbonyl (C=O) groups is 2. The van der Waals surface area contributed by atoms with Gasteiger partial charge >= 0.3 is 0 Å². The van der Waals surface area contributed by atoms with Crippen molar-refractivity contribution in [3.63, 3.8) is 0 Å². The maximum absolute atomic E-state index is 13.6. The Morgan fingerprint density at radius 2 is 1.04 bits per heavy atom. The molecule has 0 radical (unpaired) electrons. The number of hydrogen-bond acceptors (Lipinski definition) is 10. The lowest BCUT2D eigenvalue weighted by Gasteiger charge is -2.15. The number of nitrogens with zero attached hydrogens (tertiary/aromatic N) is 2. The molecule has 8 nitrogen and oxygen atoms in total. The van der Waals surface area contributed by atoms with E-state index >= 15 is 0 Å². The molecule has 2 aromatic heterocycles. The molecule has 10 rings (SSSR count). The predicted molar refractivity (Wildman–Crippen MR) is 283 cm³/mol. The van der Waals surface area contributed by atoms with E-state index in [1.807, 2.05) is 122 Å². The third kappa shape index (κ3) is 11.4. The van der Waals surface area contributed by atoms with E-state index in [-0.39, 0.29) is 23.1 Å². The van der Waals surface area contributed by atoms with E-state index in [0.717, 1.165) is 97.3 Å². The minimum atomic E-state index is -0.00662. The van der Waals surface area contributed by atoms with Gasteiger partial charge in [0, 0.05) is 68.6 Å². The van der Waals surface area contributed by atoms with Crippen molar-refractivity contribution in [1.29, 1.82) is 0 Å². The van der Waals surface area contributed by atoms with Crippen LogP contribution in [-0.4, -0.2) is 84.1 Å². The van der Waals surface area contributed by atoms with Crippen molar-refractivity contribution in [3.8, 4) is 45.3 Å². The molecule has 2 fully saturated rings. The Morgan fingerprint density at radius 1 is 0.580 bits per heavy atom. The van der Waals surface area contributed by atoms with Crippen LogP contribution >= 0.6 is 22.7 Å². The Balaban J connectivity index is 0.000000172. The summed E-state index contributed by atoms with van der Waals surface area (Å²) < 4.78 is 13.8. The van der Waals surface area contributed by atoms with Crippen LogP contribution in [0.5, 0.6) is 23.0 Å². The molecule has 2 aliphatic heterocycles. The first kappa shape index (κ1) is 47.8. The zero-order valence-electron chi connectivity index (χ0n) is 39.7. The van der Waals surface area contributed by atoms with E-state index in [2.05, 4.69) is 23.6 Å². The van der Waals surface area contributed by atoms with Crippen LogP contribution in [0.3, 0.4) is 0 Å². The monoisotopic (exact) mass is 956 g/mol. The van der Waals surface area contributed by atoms with Gasteiger partial charge in [-0.15, -0.1) is 22.7 Å². The Labute approximate surface area is 413 Å². The van der Waals surface area contributed by atoms with Gasteiger partial charge in [-0.05, 0) is 135 Å². The number of aromatic hydroxyl groups is 2. The van der Waals surface area contributed by atoms with Crippen LogP contribution < -0.4 is 9.47 Å². The fourth-order valence-electron chi connectivity index (χ4n) is 9.58. The maximum atomic E-state index is 13.6. The fraction of sp³-hybridized carbons (Fsp3) is 0.288. The molecule has 354 valence electrons. The SMILES string of the molecule is C[C@@H]1CCN(CCCOc2ccc(-c3c(C(=O)c4ccccc4)sc4cc(O)ccc34)cc2)C1.Cc1ccccc1C(=O)c1sc2cc(O)ccc2c1-c1ccc(OCCCN2CC[C@@H](C)C2)cc1. The number of thiophene rings is 2. The van der Waals surface area contributed by atoms with Gasteiger partial charge in [0.2, 0.25) is 11.6 Å². The van der Waals surface area contributed by atoms with Gasteiger partial charge in [-0.1, -0.05) is 92.7 Å². The van der Waals surface area contributed by atoms with Crippen LogP contribution in [0.25, 0.3) is 42.4 Å². The normalized spacial score (nSPS) is 16.2. The number of rotatable bonds is 16. The molecule has 0 unspecified atom stereocenters. The number of carbonyl (C=O) groups excluding carboxylic acids is 2. The molecule has 8 aromatic rings. The summed E-state index contributed by atoms with van der Waals surface area (Å²) >= 11 is 2.86. The molecular formula is C59H60N2O6S2. The van der Waals surface area contributed by atoms with E-state index in [1.54, 1.807) is 24.3 Å². The van der Waals surface area contributed by atoms with Gasteiger partial charge in [-0.25, -0.2) is 0 Å². The lowest BCUT2D eigenvalue weighted by Crippen LogP contribution is -2.22. The highest BCUT2D eigenvalue weighted by atomic mass is 32.1. The first-order valence-electron chi connectivity index (χ1n) is 24.2. The number of likely N-dealkylation sites (tertiary alicyclic amines) is 2. The van der Waals surface area contributed by atoms with Crippen molar-refractivity contribution in [2.75, 3.05) is 52.5 Å². The summed E-state index contributed by atoms with van der Waals surface area (Å²) in [6.07, 6.45) is 4.63. The van der Waals surface area contributed by atoms with Gasteiger partial charge in [-0.3, -0.25) is 9.59 Å². The number of hydrogen-bond donors (Lipinski definition) is 2. The van der Waals surface area contributed by atoms with Crippen molar-refractivity contribution in [1.82, 2.24) is 9.80 Å². The lowest BCUT2D eigenvalue weighted by molar-refractivity contribution is 0.103. The molecule has 0 spiro atoms. The molecule has 0 saturated carbocycles. The molecule has 2 N–H and O–H groups in total. The summed E-state index contributed by atoms with van der Waals surface area (Å²) in [7, 11) is 0. The van der Waals surface area contributed by atoms with Gasteiger partial charge < -0.3 is 29.5 Å². The molecule has 4 heterocycles. The fourth-order valence-corrected chi connectivity index (χ4v) is 12.0. The smallest absolute Gasteiger partial charge is 0.203 e. The molecule has 2 saturated heterocycles. The average molecular weight is 957 g/mol. The quantitative estimate of drug-likeness (QED) is 0.0730. The van der Waals surface area contributed by atoms with Gasteiger partial charge in [0.15, 0.2) is 0 Å². The highest BCUT2D eigenvalue weighted by Gasteiger charge is 2.24. The summed E-state index contributed by atoms with van der Waals surface area (Å²) in [6, 6.07) is 43.7. The van der Waals surface area contributed by atoms with Gasteiger partial charge in [0.05, 0.1) is 23.0 Å². The topological polar surface area (TPSA) is 99.5 Å². The summed E-state index contributed by atoms with van der Waals surface area (Å²) in [6.45, 7) is 15.0. The molecule has 0 aliphatic carbocycles. The first-order valence-corrected chi connectivity index (χ1v) is 25.8. The van der Waals surface area contributed by atoms with Crippen LogP contribution in [0.15, 0.2) is 140 Å². The van der Waals surface area contributed by atoms with Crippen molar-refractivity contribution >= 4 is 54.4 Å². The molecule has 0 amide bonds. The molecule has 0 bridgehead atoms. The number of ketones is 2. The van der Waals surface area contributed by atoms with E-state index in [0.29, 0.717) is 34.1 Å². The number of phenols is 2. The van der Waals surface area contributed by atoms with E-state index < -0.39 is 0 Å². The Hall–Kier alpha value is -6.30. The Kier molecular flexibility index (Phi) is 15.2. The van der Waals surface area contributed by atoms with E-state index in [4.69, 9.17) is 9.47 Å². The zero-order chi connectivity index (χ0) is 47.9. The zero-order valence-corrected chi connectivity index (χ0v) is 41.3. The van der Waals surface area contributed by atoms with Crippen LogP contribution in [0.4, 0.5) is 0 Å². The molecule has 10 heteroatoms. The van der Waals surface area contributed by atoms with Gasteiger partial charge in [0.1, 0.15) is 23.0 Å². The molecular weight excluding hydrogens is 897 g/mol. The van der Waals surface area contributed by atoms with Crippen molar-refractivity contribution < 1.29 is 29.3 Å². The predicted octanol–water partition coefficient (Wildman–Crippen LogP) is 13.5. The van der Waals surface area contributed by atoms with Gasteiger partial charge in [0.25, 0.3) is 0 Å². The number of benzene rings is 6. The summed E-state index contributed by atoms with van der Waals surface area (Å²) in [5.41, 5.74) is 6.07. The Morgan fingerprint density at radius 3 is 1.51 bits per heavy atom. The first-order chi connectivity index (χ1) is 33.6. The van der Waals surface area contributed by atoms with E-state index in [1.165, 1.54) is 61.7 Å². The van der Waals surface area contributed by atoms with Gasteiger partial charge in [-0.2, -0.15) is 0 Å². The third-order valence-corrected chi connectivity index (χ3v) is 15.6. The number of aryl methyl sites for hydroxylation is 1. The molecule has 2 aliphatic rings. The summed E-state index contributed by atoms with van der Waals surface area (Å²) in [5.74, 6) is 3.70. The minimum Gasteiger partial charge on any atom is -0.508 e. The van der Waals surface area contributed by atoms with Crippen LogP contribution in [0.2, 0.25) is 0 Å². The molecule has 69 heavy (non-hydrogen) atoms. The van der Waals surface area contributed by atoms with Crippen LogP contribution in [-0.2, 0) is 0 Å². The third-order valence-electron chi connectivity index (χ3n) is 13.3. The summed E-state index contributed by atoms with van der Waals surface area (Å²) in [4.78, 5) is 33.4. The average Bonchev–Trinajstić information content (AvgIpc) is 4.17. The Bertz CT molecular complexity index is 3030. The second kappa shape index (κ2) is 22.0. The van der Waals surface area contributed by atoms with Crippen LogP contribution in [0, 0.1) is 18.8 Å².